The lowest BCUT2D eigenvalue weighted by atomic mass is 9.88. The summed E-state index contributed by atoms with van der Waals surface area (Å²) in [6, 6.07) is 19.1. The van der Waals surface area contributed by atoms with Crippen LogP contribution in [0.4, 0.5) is 11.7 Å². The monoisotopic (exact) mass is 597 g/mol. The number of para-hydroxylation sites is 1. The lowest BCUT2D eigenvalue weighted by molar-refractivity contribution is 0.0964. The molecule has 0 aliphatic carbocycles. The number of sulfonamides is 1. The minimum atomic E-state index is -3.62. The van der Waals surface area contributed by atoms with Crippen LogP contribution in [-0.4, -0.2) is 52.7 Å². The third-order valence-corrected chi connectivity index (χ3v) is 9.29. The van der Waals surface area contributed by atoms with Gasteiger partial charge in [-0.25, -0.2) is 8.42 Å². The standard InChI is InChI=1S/C32H31N5O5S/c1-19-10-12-20(13-11-19)30-28(31(38)34-2)24-15-23(25(16-27(24)41-30)36(3)43(4,39)40)22-8-6-14-37(18-22)32-35-29-21(17-33)7-5-9-26(29)42-32/h5,7,9-13,15-16,22H,6,8,14,18H2,1-4H3,(H,34,38)/t22-/m1/s1. The topological polar surface area (TPSA) is 133 Å². The molecule has 2 aromatic heterocycles. The zero-order valence-electron chi connectivity index (χ0n) is 24.3. The number of carbonyl (C=O) groups is 1. The highest BCUT2D eigenvalue weighted by molar-refractivity contribution is 7.92. The second-order valence-corrected chi connectivity index (χ2v) is 12.9. The van der Waals surface area contributed by atoms with Gasteiger partial charge in [0.15, 0.2) is 5.58 Å². The molecule has 0 saturated carbocycles. The van der Waals surface area contributed by atoms with Gasteiger partial charge in [0.25, 0.3) is 11.9 Å². The average molecular weight is 598 g/mol. The number of oxazole rings is 1. The molecular formula is C32H31N5O5S. The Morgan fingerprint density at radius 2 is 1.91 bits per heavy atom. The number of hydrogen-bond acceptors (Lipinski definition) is 8. The number of rotatable bonds is 6. The first-order chi connectivity index (χ1) is 20.6. The highest BCUT2D eigenvalue weighted by Crippen LogP contribution is 2.42. The fourth-order valence-electron chi connectivity index (χ4n) is 5.75. The summed E-state index contributed by atoms with van der Waals surface area (Å²) in [5.41, 5.74) is 5.38. The molecule has 43 heavy (non-hydrogen) atoms. The van der Waals surface area contributed by atoms with E-state index in [1.807, 2.05) is 42.2 Å². The Balaban J connectivity index is 1.50. The number of nitriles is 1. The molecule has 1 aliphatic heterocycles. The summed E-state index contributed by atoms with van der Waals surface area (Å²) in [7, 11) is -0.525. The van der Waals surface area contributed by atoms with E-state index in [1.54, 1.807) is 31.3 Å². The molecule has 10 nitrogen and oxygen atoms in total. The number of anilines is 2. The Morgan fingerprint density at radius 1 is 1.14 bits per heavy atom. The summed E-state index contributed by atoms with van der Waals surface area (Å²) in [5, 5.41) is 12.9. The fourth-order valence-corrected chi connectivity index (χ4v) is 6.27. The second-order valence-electron chi connectivity index (χ2n) is 10.9. The predicted molar refractivity (Wildman–Crippen MR) is 166 cm³/mol. The average Bonchev–Trinajstić information content (AvgIpc) is 3.61. The number of piperidine rings is 1. The summed E-state index contributed by atoms with van der Waals surface area (Å²) in [5.74, 6) is 0.0112. The second kappa shape index (κ2) is 10.8. The molecule has 3 aromatic carbocycles. The third-order valence-electron chi connectivity index (χ3n) is 8.10. The van der Waals surface area contributed by atoms with Crippen molar-refractivity contribution in [2.45, 2.75) is 25.7 Å². The lowest BCUT2D eigenvalue weighted by Crippen LogP contribution is -2.35. The highest BCUT2D eigenvalue weighted by Gasteiger charge is 2.31. The number of benzene rings is 3. The van der Waals surface area contributed by atoms with Crippen molar-refractivity contribution in [1.29, 1.82) is 5.26 Å². The van der Waals surface area contributed by atoms with E-state index in [0.717, 1.165) is 35.8 Å². The van der Waals surface area contributed by atoms with Crippen molar-refractivity contribution in [3.05, 3.63) is 76.9 Å². The summed E-state index contributed by atoms with van der Waals surface area (Å²) < 4.78 is 39.2. The van der Waals surface area contributed by atoms with Crippen LogP contribution in [-0.2, 0) is 10.0 Å². The van der Waals surface area contributed by atoms with Gasteiger partial charge in [-0.1, -0.05) is 35.9 Å². The number of hydrogen-bond donors (Lipinski definition) is 1. The van der Waals surface area contributed by atoms with Gasteiger partial charge in [0, 0.05) is 50.1 Å². The fraction of sp³-hybridized carbons (Fsp3) is 0.281. The van der Waals surface area contributed by atoms with E-state index in [2.05, 4.69) is 16.4 Å². The van der Waals surface area contributed by atoms with E-state index in [9.17, 15) is 18.5 Å². The van der Waals surface area contributed by atoms with E-state index in [4.69, 9.17) is 8.83 Å². The maximum atomic E-state index is 13.3. The summed E-state index contributed by atoms with van der Waals surface area (Å²) in [4.78, 5) is 19.9. The van der Waals surface area contributed by atoms with Gasteiger partial charge in [0.1, 0.15) is 22.9 Å². The van der Waals surface area contributed by atoms with Crippen LogP contribution >= 0.6 is 0 Å². The van der Waals surface area contributed by atoms with Crippen molar-refractivity contribution in [2.75, 3.05) is 42.6 Å². The minimum Gasteiger partial charge on any atom is -0.455 e. The molecule has 1 N–H and O–H groups in total. The van der Waals surface area contributed by atoms with Crippen molar-refractivity contribution in [3.8, 4) is 17.4 Å². The van der Waals surface area contributed by atoms with E-state index in [0.29, 0.717) is 63.7 Å². The molecule has 1 atom stereocenters. The van der Waals surface area contributed by atoms with E-state index < -0.39 is 10.0 Å². The van der Waals surface area contributed by atoms with Crippen LogP contribution in [0.2, 0.25) is 0 Å². The van der Waals surface area contributed by atoms with Crippen LogP contribution in [0, 0.1) is 18.3 Å². The zero-order valence-corrected chi connectivity index (χ0v) is 25.2. The highest BCUT2D eigenvalue weighted by atomic mass is 32.2. The Bertz CT molecular complexity index is 2020. The smallest absolute Gasteiger partial charge is 0.298 e. The van der Waals surface area contributed by atoms with Crippen LogP contribution in [0.3, 0.4) is 0 Å². The Kier molecular flexibility index (Phi) is 7.10. The van der Waals surface area contributed by atoms with Gasteiger partial charge in [-0.2, -0.15) is 10.2 Å². The quantitative estimate of drug-likeness (QED) is 0.269. The number of carbonyl (C=O) groups excluding carboxylic acids is 1. The van der Waals surface area contributed by atoms with Crippen LogP contribution in [0.1, 0.15) is 45.8 Å². The van der Waals surface area contributed by atoms with E-state index in [-0.39, 0.29) is 11.8 Å². The molecule has 0 bridgehead atoms. The first-order valence-electron chi connectivity index (χ1n) is 14.0. The third kappa shape index (κ3) is 5.08. The molecule has 1 saturated heterocycles. The minimum absolute atomic E-state index is 0.113. The summed E-state index contributed by atoms with van der Waals surface area (Å²) in [6.07, 6.45) is 2.75. The molecule has 1 fully saturated rings. The number of aryl methyl sites for hydroxylation is 1. The molecule has 11 heteroatoms. The maximum Gasteiger partial charge on any atom is 0.298 e. The molecule has 0 radical (unpaired) electrons. The van der Waals surface area contributed by atoms with Crippen molar-refractivity contribution in [1.82, 2.24) is 10.3 Å². The molecule has 1 aliphatic rings. The Labute approximate surface area is 249 Å². The Morgan fingerprint density at radius 3 is 2.60 bits per heavy atom. The molecule has 1 amide bonds. The maximum absolute atomic E-state index is 13.3. The molecule has 5 aromatic rings. The van der Waals surface area contributed by atoms with Crippen LogP contribution < -0.4 is 14.5 Å². The van der Waals surface area contributed by atoms with Gasteiger partial charge in [0.2, 0.25) is 10.0 Å². The number of nitrogens with one attached hydrogen (secondary N) is 1. The largest absolute Gasteiger partial charge is 0.455 e. The van der Waals surface area contributed by atoms with Gasteiger partial charge in [-0.3, -0.25) is 9.10 Å². The van der Waals surface area contributed by atoms with Gasteiger partial charge >= 0.3 is 0 Å². The van der Waals surface area contributed by atoms with Crippen molar-refractivity contribution < 1.29 is 22.0 Å². The van der Waals surface area contributed by atoms with Gasteiger partial charge < -0.3 is 19.1 Å². The summed E-state index contributed by atoms with van der Waals surface area (Å²) in [6.45, 7) is 3.18. The predicted octanol–water partition coefficient (Wildman–Crippen LogP) is 5.56. The number of aromatic nitrogens is 1. The summed E-state index contributed by atoms with van der Waals surface area (Å²) >= 11 is 0. The molecule has 0 unspecified atom stereocenters. The molecule has 220 valence electrons. The van der Waals surface area contributed by atoms with Crippen LogP contribution in [0.15, 0.2) is 63.4 Å². The number of fused-ring (bicyclic) bond motifs is 2. The van der Waals surface area contributed by atoms with Crippen LogP contribution in [0.5, 0.6) is 0 Å². The Hall–Kier alpha value is -4.82. The first kappa shape index (κ1) is 28.3. The molecule has 0 spiro atoms. The van der Waals surface area contributed by atoms with Crippen LogP contribution in [0.25, 0.3) is 33.4 Å². The normalized spacial score (nSPS) is 15.5. The molecule has 3 heterocycles. The van der Waals surface area contributed by atoms with Gasteiger partial charge in [0.05, 0.1) is 23.1 Å². The van der Waals surface area contributed by atoms with Gasteiger partial charge in [-0.15, -0.1) is 0 Å². The molecule has 6 rings (SSSR count). The van der Waals surface area contributed by atoms with E-state index >= 15 is 0 Å². The number of nitrogens with zero attached hydrogens (tertiary/aromatic N) is 4. The van der Waals surface area contributed by atoms with Gasteiger partial charge in [-0.05, 0) is 43.5 Å². The molecular weight excluding hydrogens is 566 g/mol. The first-order valence-corrected chi connectivity index (χ1v) is 15.8. The lowest BCUT2D eigenvalue weighted by Gasteiger charge is -2.34. The van der Waals surface area contributed by atoms with E-state index in [1.165, 1.54) is 11.4 Å². The SMILES string of the molecule is CNC(=O)c1c(-c2ccc(C)cc2)oc2cc(N(C)S(C)(=O)=O)c([C@@H]3CCCN(c4nc5c(C#N)cccc5o4)C3)cc12. The number of furan rings is 1. The zero-order chi connectivity index (χ0) is 30.5. The van der Waals surface area contributed by atoms with Crippen molar-refractivity contribution in [3.63, 3.8) is 0 Å². The van der Waals surface area contributed by atoms with Crippen molar-refractivity contribution >= 4 is 49.7 Å². The number of amides is 1. The van der Waals surface area contributed by atoms with Crippen molar-refractivity contribution in [2.24, 2.45) is 0 Å².